The number of rotatable bonds is 6. The van der Waals surface area contributed by atoms with Gasteiger partial charge in [0.15, 0.2) is 0 Å². The van der Waals surface area contributed by atoms with Crippen molar-refractivity contribution in [3.8, 4) is 0 Å². The number of likely N-dealkylation sites (N-methyl/N-ethyl adjacent to an activating group) is 1. The minimum atomic E-state index is -0.246. The molecule has 1 fully saturated rings. The van der Waals surface area contributed by atoms with Crippen molar-refractivity contribution in [3.63, 3.8) is 0 Å². The van der Waals surface area contributed by atoms with E-state index < -0.39 is 0 Å². The van der Waals surface area contributed by atoms with Gasteiger partial charge in [0, 0.05) is 51.2 Å². The first-order chi connectivity index (χ1) is 8.31. The molecule has 0 bridgehead atoms. The molecule has 1 unspecified atom stereocenters. The van der Waals surface area contributed by atoms with E-state index in [1.807, 2.05) is 6.92 Å². The molecule has 1 atom stereocenters. The molecule has 1 heterocycles. The van der Waals surface area contributed by atoms with E-state index in [-0.39, 0.29) is 11.5 Å². The molecule has 1 saturated heterocycles. The van der Waals surface area contributed by atoms with E-state index in [9.17, 15) is 5.11 Å². The molecule has 4 heteroatoms. The van der Waals surface area contributed by atoms with Crippen LogP contribution in [0.3, 0.4) is 0 Å². The van der Waals surface area contributed by atoms with Crippen LogP contribution >= 0.6 is 0 Å². The summed E-state index contributed by atoms with van der Waals surface area (Å²) in [5.41, 5.74) is -0.00813. The number of aliphatic hydroxyl groups excluding tert-OH is 1. The molecule has 1 N–H and O–H groups in total. The third-order valence-electron chi connectivity index (χ3n) is 4.09. The zero-order chi connectivity index (χ0) is 13.8. The van der Waals surface area contributed by atoms with Gasteiger partial charge in [0.2, 0.25) is 0 Å². The molecule has 0 saturated carbocycles. The van der Waals surface area contributed by atoms with Gasteiger partial charge in [-0.2, -0.15) is 0 Å². The second-order valence-electron chi connectivity index (χ2n) is 6.59. The van der Waals surface area contributed by atoms with Crippen LogP contribution < -0.4 is 0 Å². The Morgan fingerprint density at radius 3 is 2.06 bits per heavy atom. The van der Waals surface area contributed by atoms with E-state index in [0.29, 0.717) is 0 Å². The summed E-state index contributed by atoms with van der Waals surface area (Å²) in [5, 5.41) is 9.77. The molecule has 0 aliphatic carbocycles. The SMILES string of the molecule is CC(O)C(C)(C)CN1CCN(CCN(C)C)CC1. The first-order valence-electron chi connectivity index (χ1n) is 7.09. The van der Waals surface area contributed by atoms with E-state index in [0.717, 1.165) is 39.3 Å². The molecule has 0 aromatic carbocycles. The van der Waals surface area contributed by atoms with Gasteiger partial charge < -0.3 is 14.9 Å². The summed E-state index contributed by atoms with van der Waals surface area (Å²) in [4.78, 5) is 7.26. The average molecular weight is 257 g/mol. The van der Waals surface area contributed by atoms with Crippen molar-refractivity contribution in [1.29, 1.82) is 0 Å². The lowest BCUT2D eigenvalue weighted by Gasteiger charge is -2.40. The highest BCUT2D eigenvalue weighted by Gasteiger charge is 2.28. The molecule has 1 aliphatic heterocycles. The molecule has 108 valence electrons. The lowest BCUT2D eigenvalue weighted by Crippen LogP contribution is -2.51. The standard InChI is InChI=1S/C14H31N3O/c1-13(18)14(2,3)12-17-10-8-16(9-11-17)7-6-15(4)5/h13,18H,6-12H2,1-5H3. The molecule has 0 amide bonds. The number of hydrogen-bond acceptors (Lipinski definition) is 4. The molecule has 0 aromatic rings. The predicted molar refractivity (Wildman–Crippen MR) is 76.9 cm³/mol. The quantitative estimate of drug-likeness (QED) is 0.754. The van der Waals surface area contributed by atoms with Crippen LogP contribution in [0.4, 0.5) is 0 Å². The van der Waals surface area contributed by atoms with Crippen LogP contribution in [0.15, 0.2) is 0 Å². The normalized spacial score (nSPS) is 21.5. The van der Waals surface area contributed by atoms with Crippen LogP contribution in [0.25, 0.3) is 0 Å². The molecule has 1 rings (SSSR count). The minimum Gasteiger partial charge on any atom is -0.393 e. The lowest BCUT2D eigenvalue weighted by atomic mass is 9.86. The maximum Gasteiger partial charge on any atom is 0.0575 e. The maximum atomic E-state index is 9.77. The summed E-state index contributed by atoms with van der Waals surface area (Å²) in [7, 11) is 4.25. The first-order valence-corrected chi connectivity index (χ1v) is 7.09. The number of nitrogens with zero attached hydrogens (tertiary/aromatic N) is 3. The Balaban J connectivity index is 2.27. The molecule has 0 radical (unpaired) electrons. The van der Waals surface area contributed by atoms with Crippen LogP contribution in [0.1, 0.15) is 20.8 Å². The number of piperazine rings is 1. The van der Waals surface area contributed by atoms with Gasteiger partial charge in [-0.15, -0.1) is 0 Å². The summed E-state index contributed by atoms with van der Waals surface area (Å²) in [6, 6.07) is 0. The van der Waals surface area contributed by atoms with Gasteiger partial charge in [-0.05, 0) is 21.0 Å². The van der Waals surface area contributed by atoms with Gasteiger partial charge in [0.1, 0.15) is 0 Å². The molecular formula is C14H31N3O. The molecule has 0 aromatic heterocycles. The number of hydrogen-bond donors (Lipinski definition) is 1. The van der Waals surface area contributed by atoms with Crippen molar-refractivity contribution >= 4 is 0 Å². The van der Waals surface area contributed by atoms with Crippen molar-refractivity contribution in [1.82, 2.24) is 14.7 Å². The smallest absolute Gasteiger partial charge is 0.0575 e. The fourth-order valence-electron chi connectivity index (χ4n) is 2.22. The Morgan fingerprint density at radius 1 is 1.11 bits per heavy atom. The highest BCUT2D eigenvalue weighted by atomic mass is 16.3. The van der Waals surface area contributed by atoms with E-state index >= 15 is 0 Å². The Kier molecular flexibility index (Phi) is 6.05. The van der Waals surface area contributed by atoms with E-state index in [2.05, 4.69) is 42.6 Å². The highest BCUT2D eigenvalue weighted by Crippen LogP contribution is 2.22. The summed E-state index contributed by atoms with van der Waals surface area (Å²) in [5.74, 6) is 0. The van der Waals surface area contributed by atoms with Crippen molar-refractivity contribution in [3.05, 3.63) is 0 Å². The van der Waals surface area contributed by atoms with Crippen molar-refractivity contribution in [2.24, 2.45) is 5.41 Å². The maximum absolute atomic E-state index is 9.77. The largest absolute Gasteiger partial charge is 0.393 e. The molecule has 18 heavy (non-hydrogen) atoms. The molecule has 4 nitrogen and oxygen atoms in total. The van der Waals surface area contributed by atoms with Crippen molar-refractivity contribution < 1.29 is 5.11 Å². The van der Waals surface area contributed by atoms with Crippen LogP contribution in [0.5, 0.6) is 0 Å². The van der Waals surface area contributed by atoms with E-state index in [4.69, 9.17) is 0 Å². The Hall–Kier alpha value is -0.160. The van der Waals surface area contributed by atoms with Gasteiger partial charge in [0.05, 0.1) is 6.10 Å². The molecule has 1 aliphatic rings. The summed E-state index contributed by atoms with van der Waals surface area (Å²) >= 11 is 0. The minimum absolute atomic E-state index is 0.00813. The van der Waals surface area contributed by atoms with Crippen LogP contribution in [0, 0.1) is 5.41 Å². The first kappa shape index (κ1) is 15.9. The zero-order valence-electron chi connectivity index (χ0n) is 12.8. The summed E-state index contributed by atoms with van der Waals surface area (Å²) < 4.78 is 0. The van der Waals surface area contributed by atoms with Gasteiger partial charge >= 0.3 is 0 Å². The van der Waals surface area contributed by atoms with Crippen molar-refractivity contribution in [2.45, 2.75) is 26.9 Å². The van der Waals surface area contributed by atoms with Gasteiger partial charge in [0.25, 0.3) is 0 Å². The van der Waals surface area contributed by atoms with Crippen LogP contribution in [-0.4, -0.2) is 85.8 Å². The summed E-state index contributed by atoms with van der Waals surface area (Å²) in [6.07, 6.45) is -0.246. The van der Waals surface area contributed by atoms with Gasteiger partial charge in [-0.25, -0.2) is 0 Å². The van der Waals surface area contributed by atoms with Crippen molar-refractivity contribution in [2.75, 3.05) is 59.9 Å². The van der Waals surface area contributed by atoms with Crippen LogP contribution in [0.2, 0.25) is 0 Å². The Bertz CT molecular complexity index is 233. The average Bonchev–Trinajstić information content (AvgIpc) is 2.27. The monoisotopic (exact) mass is 257 g/mol. The molecular weight excluding hydrogens is 226 g/mol. The second-order valence-corrected chi connectivity index (χ2v) is 6.59. The summed E-state index contributed by atoms with van der Waals surface area (Å²) in [6.45, 7) is 14.1. The third-order valence-corrected chi connectivity index (χ3v) is 4.09. The van der Waals surface area contributed by atoms with E-state index in [1.54, 1.807) is 0 Å². The predicted octanol–water partition coefficient (Wildman–Crippen LogP) is 0.573. The number of aliphatic hydroxyl groups is 1. The second kappa shape index (κ2) is 6.85. The van der Waals surface area contributed by atoms with Gasteiger partial charge in [-0.1, -0.05) is 13.8 Å². The topological polar surface area (TPSA) is 30.0 Å². The Morgan fingerprint density at radius 2 is 1.61 bits per heavy atom. The van der Waals surface area contributed by atoms with Crippen LogP contribution in [-0.2, 0) is 0 Å². The molecule has 0 spiro atoms. The fourth-order valence-corrected chi connectivity index (χ4v) is 2.22. The van der Waals surface area contributed by atoms with E-state index in [1.165, 1.54) is 6.54 Å². The Labute approximate surface area is 113 Å². The fraction of sp³-hybridized carbons (Fsp3) is 1.00. The lowest BCUT2D eigenvalue weighted by molar-refractivity contribution is 0.0186. The van der Waals surface area contributed by atoms with Gasteiger partial charge in [-0.3, -0.25) is 4.90 Å². The highest BCUT2D eigenvalue weighted by molar-refractivity contribution is 4.81. The third kappa shape index (κ3) is 5.22. The zero-order valence-corrected chi connectivity index (χ0v) is 12.8.